The first-order valence-electron chi connectivity index (χ1n) is 6.86. The molecule has 0 amide bonds. The predicted octanol–water partition coefficient (Wildman–Crippen LogP) is 3.22. The van der Waals surface area contributed by atoms with Crippen LogP contribution in [-0.2, 0) is 0 Å². The molecule has 3 rings (SSSR count). The zero-order chi connectivity index (χ0) is 14.8. The van der Waals surface area contributed by atoms with Gasteiger partial charge >= 0.3 is 0 Å². The Kier molecular flexibility index (Phi) is 3.56. The average molecular weight is 286 g/mol. The van der Waals surface area contributed by atoms with Crippen molar-refractivity contribution in [3.63, 3.8) is 0 Å². The van der Waals surface area contributed by atoms with Gasteiger partial charge in [-0.05, 0) is 31.5 Å². The van der Waals surface area contributed by atoms with Crippen molar-refractivity contribution in [1.82, 2.24) is 4.98 Å². The fraction of sp³-hybridized carbons (Fsp3) is 0.312. The number of pyridine rings is 1. The molecule has 0 bridgehead atoms. The van der Waals surface area contributed by atoms with Crippen LogP contribution in [-0.4, -0.2) is 25.3 Å². The lowest BCUT2D eigenvalue weighted by molar-refractivity contribution is 0.165. The van der Waals surface area contributed by atoms with Gasteiger partial charge in [-0.1, -0.05) is 6.07 Å². The minimum Gasteiger partial charge on any atom is -0.496 e. The summed E-state index contributed by atoms with van der Waals surface area (Å²) in [6, 6.07) is 5.88. The minimum atomic E-state index is 0.528. The van der Waals surface area contributed by atoms with E-state index in [2.05, 4.69) is 17.2 Å². The summed E-state index contributed by atoms with van der Waals surface area (Å²) in [6.07, 6.45) is 1.71. The molecule has 110 valence electrons. The molecule has 1 aromatic heterocycles. The highest BCUT2D eigenvalue weighted by Gasteiger charge is 2.18. The zero-order valence-corrected chi connectivity index (χ0v) is 12.4. The maximum atomic E-state index is 5.68. The van der Waals surface area contributed by atoms with Crippen LogP contribution in [0.3, 0.4) is 0 Å². The molecule has 0 radical (unpaired) electrons. The van der Waals surface area contributed by atoms with Crippen LogP contribution >= 0.6 is 0 Å². The van der Waals surface area contributed by atoms with Crippen molar-refractivity contribution in [2.24, 2.45) is 0 Å². The first-order chi connectivity index (χ1) is 10.2. The van der Waals surface area contributed by atoms with E-state index in [1.165, 1.54) is 0 Å². The van der Waals surface area contributed by atoms with E-state index in [0.29, 0.717) is 24.8 Å². The Bertz CT molecular complexity index is 671. The molecule has 5 heteroatoms. The summed E-state index contributed by atoms with van der Waals surface area (Å²) in [6.45, 7) is 5.14. The molecule has 1 aliphatic rings. The molecule has 0 fully saturated rings. The van der Waals surface area contributed by atoms with Gasteiger partial charge in [0.15, 0.2) is 0 Å². The minimum absolute atomic E-state index is 0.528. The lowest BCUT2D eigenvalue weighted by Crippen LogP contribution is -2.17. The van der Waals surface area contributed by atoms with Gasteiger partial charge in [0.25, 0.3) is 5.88 Å². The number of benzene rings is 1. The van der Waals surface area contributed by atoms with Crippen molar-refractivity contribution >= 4 is 11.4 Å². The number of anilines is 2. The average Bonchev–Trinajstić information content (AvgIpc) is 2.52. The number of methoxy groups -OCH3 is 1. The monoisotopic (exact) mass is 286 g/mol. The predicted molar refractivity (Wildman–Crippen MR) is 81.0 cm³/mol. The number of ether oxygens (including phenoxy) is 3. The van der Waals surface area contributed by atoms with Gasteiger partial charge in [0.1, 0.15) is 19.0 Å². The van der Waals surface area contributed by atoms with Crippen molar-refractivity contribution in [3.05, 3.63) is 35.5 Å². The number of hydrogen-bond acceptors (Lipinski definition) is 5. The lowest BCUT2D eigenvalue weighted by Gasteiger charge is -2.22. The van der Waals surface area contributed by atoms with E-state index in [9.17, 15) is 0 Å². The number of hydrogen-bond donors (Lipinski definition) is 1. The zero-order valence-electron chi connectivity index (χ0n) is 12.4. The maximum Gasteiger partial charge on any atom is 0.259 e. The van der Waals surface area contributed by atoms with Crippen LogP contribution < -0.4 is 19.5 Å². The fourth-order valence-electron chi connectivity index (χ4n) is 2.43. The second-order valence-corrected chi connectivity index (χ2v) is 4.90. The van der Waals surface area contributed by atoms with Crippen LogP contribution in [0.15, 0.2) is 24.4 Å². The maximum absolute atomic E-state index is 5.68. The second-order valence-electron chi connectivity index (χ2n) is 4.90. The van der Waals surface area contributed by atoms with Crippen molar-refractivity contribution in [3.8, 4) is 17.4 Å². The molecule has 21 heavy (non-hydrogen) atoms. The second kappa shape index (κ2) is 5.52. The smallest absolute Gasteiger partial charge is 0.259 e. The topological polar surface area (TPSA) is 52.6 Å². The molecule has 1 aliphatic heterocycles. The number of nitrogens with one attached hydrogen (secondary N) is 1. The highest BCUT2D eigenvalue weighted by atomic mass is 16.6. The standard InChI is InChI=1S/C16H18N2O3/c1-10-4-5-13(19-3)11(2)14(10)18-12-6-7-17-16-15(12)20-8-9-21-16/h4-7H,8-9H2,1-3H3,(H,17,18). The van der Waals surface area contributed by atoms with Gasteiger partial charge < -0.3 is 19.5 Å². The molecule has 0 saturated heterocycles. The molecule has 2 heterocycles. The van der Waals surface area contributed by atoms with Crippen LogP contribution in [0.2, 0.25) is 0 Å². The van der Waals surface area contributed by atoms with Crippen LogP contribution in [0.5, 0.6) is 17.4 Å². The van der Waals surface area contributed by atoms with E-state index in [1.54, 1.807) is 13.3 Å². The third kappa shape index (κ3) is 2.46. The molecule has 2 aromatic rings. The first-order valence-corrected chi connectivity index (χ1v) is 6.86. The van der Waals surface area contributed by atoms with E-state index >= 15 is 0 Å². The van der Waals surface area contributed by atoms with Crippen LogP contribution in [0.25, 0.3) is 0 Å². The molecule has 1 aromatic carbocycles. The summed E-state index contributed by atoms with van der Waals surface area (Å²) in [4.78, 5) is 4.19. The normalized spacial score (nSPS) is 12.9. The Labute approximate surface area is 123 Å². The van der Waals surface area contributed by atoms with Crippen LogP contribution in [0.1, 0.15) is 11.1 Å². The lowest BCUT2D eigenvalue weighted by atomic mass is 10.1. The molecule has 5 nitrogen and oxygen atoms in total. The Morgan fingerprint density at radius 2 is 1.95 bits per heavy atom. The van der Waals surface area contributed by atoms with Gasteiger partial charge in [-0.15, -0.1) is 0 Å². The van der Waals surface area contributed by atoms with Crippen LogP contribution in [0, 0.1) is 13.8 Å². The quantitative estimate of drug-likeness (QED) is 0.939. The molecule has 0 spiro atoms. The van der Waals surface area contributed by atoms with Gasteiger partial charge in [0.2, 0.25) is 5.75 Å². The molecule has 0 atom stereocenters. The Balaban J connectivity index is 2.01. The number of aromatic nitrogens is 1. The molecule has 0 saturated carbocycles. The van der Waals surface area contributed by atoms with Gasteiger partial charge in [0, 0.05) is 17.4 Å². The van der Waals surface area contributed by atoms with E-state index in [0.717, 1.165) is 28.3 Å². The highest BCUT2D eigenvalue weighted by molar-refractivity contribution is 5.74. The number of aryl methyl sites for hydroxylation is 1. The summed E-state index contributed by atoms with van der Waals surface area (Å²) in [5.74, 6) is 2.04. The van der Waals surface area contributed by atoms with Crippen molar-refractivity contribution in [2.75, 3.05) is 25.6 Å². The van der Waals surface area contributed by atoms with E-state index in [4.69, 9.17) is 14.2 Å². The van der Waals surface area contributed by atoms with E-state index in [1.807, 2.05) is 25.1 Å². The molecule has 0 unspecified atom stereocenters. The molecular weight excluding hydrogens is 268 g/mol. The summed E-state index contributed by atoms with van der Waals surface area (Å²) < 4.78 is 16.6. The Hall–Kier alpha value is -2.43. The third-order valence-electron chi connectivity index (χ3n) is 3.54. The first kappa shape index (κ1) is 13.5. The third-order valence-corrected chi connectivity index (χ3v) is 3.54. The van der Waals surface area contributed by atoms with Crippen molar-refractivity contribution in [1.29, 1.82) is 0 Å². The molecular formula is C16H18N2O3. The van der Waals surface area contributed by atoms with Gasteiger partial charge in [-0.3, -0.25) is 0 Å². The summed E-state index contributed by atoms with van der Waals surface area (Å²) in [7, 11) is 1.67. The van der Waals surface area contributed by atoms with Gasteiger partial charge in [-0.25, -0.2) is 4.98 Å². The van der Waals surface area contributed by atoms with Crippen molar-refractivity contribution < 1.29 is 14.2 Å². The SMILES string of the molecule is COc1ccc(C)c(Nc2ccnc3c2OCCO3)c1C. The van der Waals surface area contributed by atoms with Gasteiger partial charge in [-0.2, -0.15) is 0 Å². The van der Waals surface area contributed by atoms with Gasteiger partial charge in [0.05, 0.1) is 12.8 Å². The number of fused-ring (bicyclic) bond motifs is 1. The number of rotatable bonds is 3. The number of nitrogens with zero attached hydrogens (tertiary/aromatic N) is 1. The molecule has 1 N–H and O–H groups in total. The largest absolute Gasteiger partial charge is 0.496 e. The van der Waals surface area contributed by atoms with Crippen LogP contribution in [0.4, 0.5) is 11.4 Å². The highest BCUT2D eigenvalue weighted by Crippen LogP contribution is 2.39. The Morgan fingerprint density at radius 3 is 2.76 bits per heavy atom. The van der Waals surface area contributed by atoms with E-state index in [-0.39, 0.29) is 0 Å². The van der Waals surface area contributed by atoms with Crippen molar-refractivity contribution in [2.45, 2.75) is 13.8 Å². The fourth-order valence-corrected chi connectivity index (χ4v) is 2.43. The Morgan fingerprint density at radius 1 is 1.14 bits per heavy atom. The summed E-state index contributed by atoms with van der Waals surface area (Å²) in [5, 5.41) is 3.42. The van der Waals surface area contributed by atoms with E-state index < -0.39 is 0 Å². The summed E-state index contributed by atoms with van der Waals surface area (Å²) in [5.41, 5.74) is 4.05. The summed E-state index contributed by atoms with van der Waals surface area (Å²) >= 11 is 0. The molecule has 0 aliphatic carbocycles.